The molecule has 1 aromatic heterocycles. The van der Waals surface area contributed by atoms with Crippen LogP contribution in [0.5, 0.6) is 0 Å². The van der Waals surface area contributed by atoms with E-state index < -0.39 is 5.97 Å². The van der Waals surface area contributed by atoms with Crippen molar-refractivity contribution in [3.05, 3.63) is 53.5 Å². The van der Waals surface area contributed by atoms with E-state index in [2.05, 4.69) is 5.32 Å². The van der Waals surface area contributed by atoms with Gasteiger partial charge in [0.25, 0.3) is 0 Å². The van der Waals surface area contributed by atoms with Crippen molar-refractivity contribution in [2.75, 3.05) is 11.9 Å². The Hall–Kier alpha value is -2.30. The molecule has 0 spiro atoms. The maximum Gasteiger partial charge on any atom is 0.371 e. The van der Waals surface area contributed by atoms with Crippen LogP contribution in [0.4, 0.5) is 10.3 Å². The first-order valence-corrected chi connectivity index (χ1v) is 5.47. The van der Waals surface area contributed by atoms with Gasteiger partial charge in [0.2, 0.25) is 5.76 Å². The van der Waals surface area contributed by atoms with Gasteiger partial charge in [-0.1, -0.05) is 18.2 Å². The molecule has 0 saturated heterocycles. The second-order valence-corrected chi connectivity index (χ2v) is 3.74. The Kier molecular flexibility index (Phi) is 3.62. The van der Waals surface area contributed by atoms with Crippen molar-refractivity contribution in [1.82, 2.24) is 0 Å². The highest BCUT2D eigenvalue weighted by Crippen LogP contribution is 2.13. The Labute approximate surface area is 103 Å². The minimum absolute atomic E-state index is 0.122. The van der Waals surface area contributed by atoms with Gasteiger partial charge in [0.1, 0.15) is 5.82 Å². The molecule has 2 rings (SSSR count). The molecule has 94 valence electrons. The lowest BCUT2D eigenvalue weighted by Crippen LogP contribution is -2.05. The Balaban J connectivity index is 1.88. The molecule has 0 aliphatic heterocycles. The van der Waals surface area contributed by atoms with Crippen LogP contribution in [-0.4, -0.2) is 17.6 Å². The van der Waals surface area contributed by atoms with E-state index in [1.54, 1.807) is 18.2 Å². The molecule has 0 aliphatic carbocycles. The summed E-state index contributed by atoms with van der Waals surface area (Å²) >= 11 is 0. The Morgan fingerprint density at radius 3 is 2.72 bits per heavy atom. The predicted molar refractivity (Wildman–Crippen MR) is 64.3 cm³/mol. The van der Waals surface area contributed by atoms with Gasteiger partial charge in [0.15, 0.2) is 5.88 Å². The molecule has 1 aromatic carbocycles. The van der Waals surface area contributed by atoms with Crippen LogP contribution in [0.25, 0.3) is 0 Å². The molecule has 18 heavy (non-hydrogen) atoms. The molecule has 0 unspecified atom stereocenters. The smallest absolute Gasteiger partial charge is 0.371 e. The first-order chi connectivity index (χ1) is 8.66. The highest BCUT2D eigenvalue weighted by atomic mass is 19.1. The van der Waals surface area contributed by atoms with Gasteiger partial charge in [-0.2, -0.15) is 0 Å². The van der Waals surface area contributed by atoms with Crippen LogP contribution < -0.4 is 5.32 Å². The number of furan rings is 1. The summed E-state index contributed by atoms with van der Waals surface area (Å²) < 4.78 is 18.3. The molecular weight excluding hydrogens is 237 g/mol. The fourth-order valence-electron chi connectivity index (χ4n) is 1.57. The van der Waals surface area contributed by atoms with Gasteiger partial charge < -0.3 is 14.8 Å². The fourth-order valence-corrected chi connectivity index (χ4v) is 1.57. The summed E-state index contributed by atoms with van der Waals surface area (Å²) in [5.41, 5.74) is 0.606. The van der Waals surface area contributed by atoms with E-state index in [1.165, 1.54) is 18.2 Å². The number of hydrogen-bond donors (Lipinski definition) is 2. The predicted octanol–water partition coefficient (Wildman–Crippen LogP) is 2.77. The van der Waals surface area contributed by atoms with Crippen LogP contribution in [-0.2, 0) is 6.42 Å². The molecule has 0 bridgehead atoms. The summed E-state index contributed by atoms with van der Waals surface area (Å²) in [6.07, 6.45) is 0.496. The zero-order valence-corrected chi connectivity index (χ0v) is 9.52. The number of carbonyl (C=O) groups is 1. The fraction of sp³-hybridized carbons (Fsp3) is 0.154. The number of rotatable bonds is 5. The molecule has 1 heterocycles. The lowest BCUT2D eigenvalue weighted by molar-refractivity contribution is 0.0663. The van der Waals surface area contributed by atoms with E-state index in [0.29, 0.717) is 24.4 Å². The van der Waals surface area contributed by atoms with Crippen molar-refractivity contribution in [2.45, 2.75) is 6.42 Å². The molecular formula is C13H12FNO3. The Bertz CT molecular complexity index is 551. The third-order valence-corrected chi connectivity index (χ3v) is 2.47. The molecule has 0 radical (unpaired) electrons. The zero-order chi connectivity index (χ0) is 13.0. The lowest BCUT2D eigenvalue weighted by atomic mass is 10.1. The van der Waals surface area contributed by atoms with Crippen molar-refractivity contribution in [3.63, 3.8) is 0 Å². The molecule has 4 nitrogen and oxygen atoms in total. The molecule has 0 amide bonds. The Morgan fingerprint density at radius 1 is 1.28 bits per heavy atom. The van der Waals surface area contributed by atoms with Crippen molar-refractivity contribution < 1.29 is 18.7 Å². The molecule has 0 aliphatic rings. The highest BCUT2D eigenvalue weighted by molar-refractivity contribution is 5.84. The van der Waals surface area contributed by atoms with Crippen LogP contribution in [0.3, 0.4) is 0 Å². The maximum atomic E-state index is 13.3. The van der Waals surface area contributed by atoms with Gasteiger partial charge >= 0.3 is 5.97 Å². The van der Waals surface area contributed by atoms with Crippen LogP contribution in [0, 0.1) is 5.82 Å². The summed E-state index contributed by atoms with van der Waals surface area (Å²) in [6, 6.07) is 9.43. The summed E-state index contributed by atoms with van der Waals surface area (Å²) in [5.74, 6) is -1.12. The van der Waals surface area contributed by atoms with Crippen molar-refractivity contribution in [3.8, 4) is 0 Å². The van der Waals surface area contributed by atoms with Gasteiger partial charge in [0, 0.05) is 12.6 Å². The number of carboxylic acid groups (broad SMARTS) is 1. The van der Waals surface area contributed by atoms with E-state index in [9.17, 15) is 9.18 Å². The third kappa shape index (κ3) is 2.88. The lowest BCUT2D eigenvalue weighted by Gasteiger charge is -2.04. The molecule has 2 N–H and O–H groups in total. The standard InChI is InChI=1S/C13H12FNO3/c14-10-4-2-1-3-9(10)7-8-15-12-6-5-11(18-12)13(16)17/h1-6,15H,7-8H2,(H,16,17). The van der Waals surface area contributed by atoms with Crippen LogP contribution in [0.15, 0.2) is 40.8 Å². The first-order valence-electron chi connectivity index (χ1n) is 5.47. The van der Waals surface area contributed by atoms with E-state index in [1.807, 2.05) is 0 Å². The zero-order valence-electron chi connectivity index (χ0n) is 9.52. The van der Waals surface area contributed by atoms with E-state index in [-0.39, 0.29) is 11.6 Å². The summed E-state index contributed by atoms with van der Waals surface area (Å²) in [4.78, 5) is 10.6. The number of anilines is 1. The number of aromatic carboxylic acids is 1. The van der Waals surface area contributed by atoms with E-state index in [4.69, 9.17) is 9.52 Å². The number of benzene rings is 1. The summed E-state index contributed by atoms with van der Waals surface area (Å²) in [5, 5.41) is 11.6. The summed E-state index contributed by atoms with van der Waals surface area (Å²) in [7, 11) is 0. The average molecular weight is 249 g/mol. The van der Waals surface area contributed by atoms with Crippen LogP contribution >= 0.6 is 0 Å². The van der Waals surface area contributed by atoms with Gasteiger partial charge in [-0.25, -0.2) is 9.18 Å². The maximum absolute atomic E-state index is 13.3. The van der Waals surface area contributed by atoms with Crippen LogP contribution in [0.2, 0.25) is 0 Å². The minimum Gasteiger partial charge on any atom is -0.475 e. The first kappa shape index (κ1) is 12.2. The van der Waals surface area contributed by atoms with Gasteiger partial charge in [0.05, 0.1) is 0 Å². The normalized spacial score (nSPS) is 10.3. The second-order valence-electron chi connectivity index (χ2n) is 3.74. The summed E-state index contributed by atoms with van der Waals surface area (Å²) in [6.45, 7) is 0.466. The average Bonchev–Trinajstić information content (AvgIpc) is 2.80. The topological polar surface area (TPSA) is 62.5 Å². The van der Waals surface area contributed by atoms with Crippen molar-refractivity contribution in [2.24, 2.45) is 0 Å². The number of nitrogens with one attached hydrogen (secondary N) is 1. The number of carboxylic acids is 1. The van der Waals surface area contributed by atoms with Crippen LogP contribution in [0.1, 0.15) is 16.1 Å². The minimum atomic E-state index is -1.11. The number of hydrogen-bond acceptors (Lipinski definition) is 3. The molecule has 2 aromatic rings. The van der Waals surface area contributed by atoms with Crippen molar-refractivity contribution in [1.29, 1.82) is 0 Å². The largest absolute Gasteiger partial charge is 0.475 e. The number of halogens is 1. The van der Waals surface area contributed by atoms with Gasteiger partial charge in [-0.15, -0.1) is 0 Å². The molecule has 5 heteroatoms. The molecule has 0 fully saturated rings. The molecule has 0 saturated carbocycles. The van der Waals surface area contributed by atoms with Crippen molar-refractivity contribution >= 4 is 11.9 Å². The SMILES string of the molecule is O=C(O)c1ccc(NCCc2ccccc2F)o1. The third-order valence-electron chi connectivity index (χ3n) is 2.47. The Morgan fingerprint density at radius 2 is 2.06 bits per heavy atom. The van der Waals surface area contributed by atoms with E-state index in [0.717, 1.165) is 0 Å². The second kappa shape index (κ2) is 5.35. The molecule has 0 atom stereocenters. The monoisotopic (exact) mass is 249 g/mol. The van der Waals surface area contributed by atoms with E-state index >= 15 is 0 Å². The highest BCUT2D eigenvalue weighted by Gasteiger charge is 2.08. The van der Waals surface area contributed by atoms with Gasteiger partial charge in [-0.05, 0) is 24.1 Å². The quantitative estimate of drug-likeness (QED) is 0.855. The van der Waals surface area contributed by atoms with Gasteiger partial charge in [-0.3, -0.25) is 0 Å².